The molecule has 0 unspecified atom stereocenters. The highest BCUT2D eigenvalue weighted by atomic mass is 32.2. The summed E-state index contributed by atoms with van der Waals surface area (Å²) in [6.45, 7) is 2.08. The van der Waals surface area contributed by atoms with Gasteiger partial charge in [-0.25, -0.2) is 0 Å². The average Bonchev–Trinajstić information content (AvgIpc) is 2.61. The molecule has 0 atom stereocenters. The molecule has 1 aromatic heterocycles. The highest BCUT2D eigenvalue weighted by Gasteiger charge is 2.08. The Balaban J connectivity index is 2.45. The van der Waals surface area contributed by atoms with Crippen LogP contribution in [-0.2, 0) is 7.05 Å². The molecule has 0 spiro atoms. The van der Waals surface area contributed by atoms with Gasteiger partial charge in [0.1, 0.15) is 0 Å². The number of hydrogen-bond acceptors (Lipinski definition) is 3. The first-order valence-corrected chi connectivity index (χ1v) is 5.95. The van der Waals surface area contributed by atoms with Gasteiger partial charge in [0, 0.05) is 12.6 Å². The van der Waals surface area contributed by atoms with Crippen LogP contribution in [0.15, 0.2) is 29.4 Å². The van der Waals surface area contributed by atoms with Gasteiger partial charge in [-0.1, -0.05) is 41.6 Å². The van der Waals surface area contributed by atoms with Crippen LogP contribution < -0.4 is 0 Å². The third-order valence-corrected chi connectivity index (χ3v) is 3.05. The van der Waals surface area contributed by atoms with Gasteiger partial charge >= 0.3 is 0 Å². The summed E-state index contributed by atoms with van der Waals surface area (Å²) in [7, 11) is 1.99. The van der Waals surface area contributed by atoms with Gasteiger partial charge in [-0.2, -0.15) is 0 Å². The number of thioether (sulfide) groups is 1. The Morgan fingerprint density at radius 2 is 1.80 bits per heavy atom. The zero-order chi connectivity index (χ0) is 10.8. The predicted octanol–water partition coefficient (Wildman–Crippen LogP) is 2.51. The molecule has 3 nitrogen and oxygen atoms in total. The third-order valence-electron chi connectivity index (χ3n) is 2.33. The molecule has 0 bridgehead atoms. The molecule has 2 rings (SSSR count). The SMILES string of the molecule is CSc1nnc(-c2ccc(C)cc2)n1C. The average molecular weight is 219 g/mol. The summed E-state index contributed by atoms with van der Waals surface area (Å²) >= 11 is 1.60. The summed E-state index contributed by atoms with van der Waals surface area (Å²) in [5.41, 5.74) is 2.36. The van der Waals surface area contributed by atoms with Gasteiger partial charge in [0.15, 0.2) is 11.0 Å². The van der Waals surface area contributed by atoms with Gasteiger partial charge in [0.2, 0.25) is 0 Å². The quantitative estimate of drug-likeness (QED) is 0.727. The first kappa shape index (κ1) is 10.2. The van der Waals surface area contributed by atoms with Crippen molar-refractivity contribution < 1.29 is 0 Å². The molecule has 78 valence electrons. The van der Waals surface area contributed by atoms with Gasteiger partial charge in [-0.3, -0.25) is 0 Å². The molecule has 0 saturated carbocycles. The monoisotopic (exact) mass is 219 g/mol. The lowest BCUT2D eigenvalue weighted by atomic mass is 10.1. The largest absolute Gasteiger partial charge is 0.305 e. The maximum absolute atomic E-state index is 4.18. The highest BCUT2D eigenvalue weighted by molar-refractivity contribution is 7.98. The lowest BCUT2D eigenvalue weighted by molar-refractivity contribution is 0.795. The van der Waals surface area contributed by atoms with E-state index in [9.17, 15) is 0 Å². The number of benzene rings is 1. The number of hydrogen-bond donors (Lipinski definition) is 0. The standard InChI is InChI=1S/C11H13N3S/c1-8-4-6-9(7-5-8)10-12-13-11(15-3)14(10)2/h4-7H,1-3H3. The van der Waals surface area contributed by atoms with Crippen LogP contribution in [0.25, 0.3) is 11.4 Å². The Kier molecular flexibility index (Phi) is 2.77. The van der Waals surface area contributed by atoms with Crippen molar-refractivity contribution in [2.75, 3.05) is 6.26 Å². The number of nitrogens with zero attached hydrogens (tertiary/aromatic N) is 3. The van der Waals surface area contributed by atoms with E-state index >= 15 is 0 Å². The van der Waals surface area contributed by atoms with Gasteiger partial charge < -0.3 is 4.57 Å². The van der Waals surface area contributed by atoms with Crippen molar-refractivity contribution in [1.82, 2.24) is 14.8 Å². The molecule has 0 saturated heterocycles. The van der Waals surface area contributed by atoms with Crippen LogP contribution in [0.3, 0.4) is 0 Å². The van der Waals surface area contributed by atoms with Gasteiger partial charge in [0.25, 0.3) is 0 Å². The zero-order valence-corrected chi connectivity index (χ0v) is 9.88. The minimum atomic E-state index is 0.916. The Morgan fingerprint density at radius 3 is 2.33 bits per heavy atom. The second-order valence-electron chi connectivity index (χ2n) is 3.44. The maximum Gasteiger partial charge on any atom is 0.190 e. The Hall–Kier alpha value is -1.29. The van der Waals surface area contributed by atoms with Crippen LogP contribution in [0.4, 0.5) is 0 Å². The molecular formula is C11H13N3S. The second kappa shape index (κ2) is 4.06. The summed E-state index contributed by atoms with van der Waals surface area (Å²) in [6, 6.07) is 8.32. The molecule has 1 heterocycles. The fourth-order valence-corrected chi connectivity index (χ4v) is 1.93. The Labute approximate surface area is 93.5 Å². The van der Waals surface area contributed by atoms with Gasteiger partial charge in [-0.05, 0) is 13.2 Å². The normalized spacial score (nSPS) is 10.6. The second-order valence-corrected chi connectivity index (χ2v) is 4.21. The topological polar surface area (TPSA) is 30.7 Å². The number of aromatic nitrogens is 3. The first-order valence-electron chi connectivity index (χ1n) is 4.73. The molecule has 0 aliphatic carbocycles. The summed E-state index contributed by atoms with van der Waals surface area (Å²) in [6.07, 6.45) is 2.00. The fraction of sp³-hybridized carbons (Fsp3) is 0.273. The first-order chi connectivity index (χ1) is 7.22. The molecule has 2 aromatic rings. The van der Waals surface area contributed by atoms with E-state index in [-0.39, 0.29) is 0 Å². The Morgan fingerprint density at radius 1 is 1.13 bits per heavy atom. The van der Waals surface area contributed by atoms with E-state index < -0.39 is 0 Å². The van der Waals surface area contributed by atoms with Crippen molar-refractivity contribution in [3.63, 3.8) is 0 Å². The van der Waals surface area contributed by atoms with E-state index in [4.69, 9.17) is 0 Å². The minimum absolute atomic E-state index is 0.916. The smallest absolute Gasteiger partial charge is 0.190 e. The summed E-state index contributed by atoms with van der Waals surface area (Å²) in [5.74, 6) is 0.916. The number of aryl methyl sites for hydroxylation is 1. The van der Waals surface area contributed by atoms with E-state index in [2.05, 4.69) is 41.4 Å². The summed E-state index contributed by atoms with van der Waals surface area (Å²) in [4.78, 5) is 0. The van der Waals surface area contributed by atoms with E-state index in [1.807, 2.05) is 17.9 Å². The molecule has 0 fully saturated rings. The van der Waals surface area contributed by atoms with Crippen molar-refractivity contribution in [3.8, 4) is 11.4 Å². The molecule has 0 radical (unpaired) electrons. The molecule has 15 heavy (non-hydrogen) atoms. The van der Waals surface area contributed by atoms with Crippen LogP contribution in [-0.4, -0.2) is 21.0 Å². The minimum Gasteiger partial charge on any atom is -0.305 e. The van der Waals surface area contributed by atoms with Crippen LogP contribution in [0.1, 0.15) is 5.56 Å². The lowest BCUT2D eigenvalue weighted by Gasteiger charge is -2.02. The molecular weight excluding hydrogens is 206 g/mol. The van der Waals surface area contributed by atoms with Crippen molar-refractivity contribution in [2.24, 2.45) is 7.05 Å². The molecule has 0 N–H and O–H groups in total. The summed E-state index contributed by atoms with van der Waals surface area (Å²) in [5, 5.41) is 9.22. The van der Waals surface area contributed by atoms with E-state index in [0.717, 1.165) is 16.5 Å². The Bertz CT molecular complexity index is 459. The molecule has 4 heteroatoms. The number of rotatable bonds is 2. The van der Waals surface area contributed by atoms with Crippen molar-refractivity contribution in [3.05, 3.63) is 29.8 Å². The van der Waals surface area contributed by atoms with Crippen LogP contribution in [0.2, 0.25) is 0 Å². The van der Waals surface area contributed by atoms with Crippen LogP contribution in [0.5, 0.6) is 0 Å². The molecule has 1 aromatic carbocycles. The zero-order valence-electron chi connectivity index (χ0n) is 9.06. The summed E-state index contributed by atoms with van der Waals surface area (Å²) < 4.78 is 2.01. The van der Waals surface area contributed by atoms with Crippen molar-refractivity contribution in [1.29, 1.82) is 0 Å². The molecule has 0 amide bonds. The molecule has 0 aliphatic rings. The lowest BCUT2D eigenvalue weighted by Crippen LogP contribution is -1.94. The van der Waals surface area contributed by atoms with E-state index in [1.54, 1.807) is 11.8 Å². The predicted molar refractivity (Wildman–Crippen MR) is 63.0 cm³/mol. The molecule has 0 aliphatic heterocycles. The van der Waals surface area contributed by atoms with Crippen LogP contribution >= 0.6 is 11.8 Å². The van der Waals surface area contributed by atoms with E-state index in [1.165, 1.54) is 5.56 Å². The third kappa shape index (κ3) is 1.90. The van der Waals surface area contributed by atoms with Crippen molar-refractivity contribution >= 4 is 11.8 Å². The maximum atomic E-state index is 4.18. The van der Waals surface area contributed by atoms with E-state index in [0.29, 0.717) is 0 Å². The highest BCUT2D eigenvalue weighted by Crippen LogP contribution is 2.21. The van der Waals surface area contributed by atoms with Gasteiger partial charge in [0.05, 0.1) is 0 Å². The fourth-order valence-electron chi connectivity index (χ4n) is 1.45. The van der Waals surface area contributed by atoms with Crippen LogP contribution in [0, 0.1) is 6.92 Å². The van der Waals surface area contributed by atoms with Gasteiger partial charge in [-0.15, -0.1) is 10.2 Å². The van der Waals surface area contributed by atoms with Crippen molar-refractivity contribution in [2.45, 2.75) is 12.1 Å².